The van der Waals surface area contributed by atoms with Crippen LogP contribution >= 0.6 is 27.3 Å². The van der Waals surface area contributed by atoms with Crippen LogP contribution in [0.4, 0.5) is 5.82 Å². The third kappa shape index (κ3) is 3.14. The molecule has 3 nitrogen and oxygen atoms in total. The first kappa shape index (κ1) is 15.0. The van der Waals surface area contributed by atoms with E-state index in [4.69, 9.17) is 9.97 Å². The predicted octanol–water partition coefficient (Wildman–Crippen LogP) is 4.98. The van der Waals surface area contributed by atoms with E-state index in [2.05, 4.69) is 41.2 Å². The number of anilines is 1. The van der Waals surface area contributed by atoms with Crippen molar-refractivity contribution in [1.29, 1.82) is 0 Å². The molecule has 2 heterocycles. The molecule has 0 spiro atoms. The number of aromatic nitrogens is 2. The molecule has 112 valence electrons. The van der Waals surface area contributed by atoms with Crippen molar-refractivity contribution >= 4 is 33.1 Å². The normalized spacial score (nSPS) is 14.6. The molecule has 0 unspecified atom stereocenters. The number of hydrogen-bond donors (Lipinski definition) is 1. The summed E-state index contributed by atoms with van der Waals surface area (Å²) in [5.41, 5.74) is 2.58. The van der Waals surface area contributed by atoms with Gasteiger partial charge in [0.15, 0.2) is 5.82 Å². The van der Waals surface area contributed by atoms with Crippen LogP contribution in [0.15, 0.2) is 10.5 Å². The van der Waals surface area contributed by atoms with Crippen LogP contribution in [0.5, 0.6) is 0 Å². The second-order valence-electron chi connectivity index (χ2n) is 5.43. The van der Waals surface area contributed by atoms with E-state index in [9.17, 15) is 0 Å². The smallest absolute Gasteiger partial charge is 0.171 e. The lowest BCUT2D eigenvalue weighted by Gasteiger charge is -2.13. The Hall–Kier alpha value is -0.940. The molecular weight excluding hydrogens is 346 g/mol. The minimum atomic E-state index is 0.866. The van der Waals surface area contributed by atoms with Crippen LogP contribution in [0.2, 0.25) is 0 Å². The number of fused-ring (bicyclic) bond motifs is 1. The second kappa shape index (κ2) is 6.44. The van der Waals surface area contributed by atoms with Crippen LogP contribution in [0, 0.1) is 6.92 Å². The lowest BCUT2D eigenvalue weighted by Crippen LogP contribution is -2.09. The van der Waals surface area contributed by atoms with E-state index in [0.717, 1.165) is 40.4 Å². The molecule has 3 rings (SSSR count). The maximum atomic E-state index is 4.88. The van der Waals surface area contributed by atoms with Gasteiger partial charge in [0.25, 0.3) is 0 Å². The summed E-state index contributed by atoms with van der Waals surface area (Å²) in [6.07, 6.45) is 5.96. The van der Waals surface area contributed by atoms with Gasteiger partial charge in [-0.05, 0) is 61.5 Å². The maximum absolute atomic E-state index is 4.88. The van der Waals surface area contributed by atoms with Crippen molar-refractivity contribution in [3.63, 3.8) is 0 Å². The summed E-state index contributed by atoms with van der Waals surface area (Å²) < 4.78 is 1.14. The molecule has 2 aromatic rings. The first-order valence-electron chi connectivity index (χ1n) is 7.59. The Bertz CT molecular complexity index is 632. The fourth-order valence-corrected chi connectivity index (χ4v) is 4.23. The highest BCUT2D eigenvalue weighted by Gasteiger charge is 2.18. The van der Waals surface area contributed by atoms with Crippen LogP contribution in [0.25, 0.3) is 10.7 Å². The Kier molecular flexibility index (Phi) is 4.60. The second-order valence-corrected chi connectivity index (χ2v) is 7.54. The lowest BCUT2D eigenvalue weighted by atomic mass is 10.1. The number of halogens is 1. The van der Waals surface area contributed by atoms with Crippen molar-refractivity contribution in [1.82, 2.24) is 9.97 Å². The molecule has 0 atom stereocenters. The summed E-state index contributed by atoms with van der Waals surface area (Å²) in [4.78, 5) is 12.1. The lowest BCUT2D eigenvalue weighted by molar-refractivity contribution is 0.709. The topological polar surface area (TPSA) is 37.8 Å². The molecule has 21 heavy (non-hydrogen) atoms. The molecule has 0 saturated heterocycles. The van der Waals surface area contributed by atoms with Gasteiger partial charge in [-0.2, -0.15) is 0 Å². The number of hydrogen-bond acceptors (Lipinski definition) is 4. The Balaban J connectivity index is 2.09. The summed E-state index contributed by atoms with van der Waals surface area (Å²) >= 11 is 5.34. The average Bonchev–Trinajstić information content (AvgIpc) is 2.68. The highest BCUT2D eigenvalue weighted by atomic mass is 79.9. The van der Waals surface area contributed by atoms with Gasteiger partial charge in [-0.25, -0.2) is 9.97 Å². The molecule has 0 fully saturated rings. The Morgan fingerprint density at radius 2 is 2.05 bits per heavy atom. The van der Waals surface area contributed by atoms with Crippen molar-refractivity contribution in [3.05, 3.63) is 26.7 Å². The van der Waals surface area contributed by atoms with Gasteiger partial charge in [0.05, 0.1) is 4.88 Å². The minimum Gasteiger partial charge on any atom is -0.370 e. The molecule has 0 aliphatic heterocycles. The highest BCUT2D eigenvalue weighted by Crippen LogP contribution is 2.34. The van der Waals surface area contributed by atoms with Gasteiger partial charge in [-0.15, -0.1) is 11.3 Å². The highest BCUT2D eigenvalue weighted by molar-refractivity contribution is 9.10. The van der Waals surface area contributed by atoms with Gasteiger partial charge in [0.2, 0.25) is 0 Å². The number of aryl methyl sites for hydroxylation is 2. The van der Waals surface area contributed by atoms with Crippen LogP contribution in [-0.4, -0.2) is 16.5 Å². The molecule has 0 radical (unpaired) electrons. The van der Waals surface area contributed by atoms with Crippen molar-refractivity contribution in [2.45, 2.75) is 46.0 Å². The summed E-state index contributed by atoms with van der Waals surface area (Å²) in [7, 11) is 0. The quantitative estimate of drug-likeness (QED) is 0.779. The Morgan fingerprint density at radius 1 is 1.24 bits per heavy atom. The van der Waals surface area contributed by atoms with Crippen LogP contribution in [0.1, 0.15) is 42.3 Å². The van der Waals surface area contributed by atoms with Crippen molar-refractivity contribution < 1.29 is 0 Å². The standard InChI is InChI=1S/C16H20BrN3S/c1-3-18-15-11-7-5-4-6-8-13(11)19-16(20-15)14-9-12(17)10(2)21-14/h9H,3-8H2,1-2H3,(H,18,19,20). The molecule has 1 N–H and O–H groups in total. The summed E-state index contributed by atoms with van der Waals surface area (Å²) in [5, 5.41) is 3.44. The number of nitrogens with zero attached hydrogens (tertiary/aromatic N) is 2. The minimum absolute atomic E-state index is 0.866. The first-order valence-corrected chi connectivity index (χ1v) is 9.20. The van der Waals surface area contributed by atoms with Crippen LogP contribution in [0.3, 0.4) is 0 Å². The molecule has 0 saturated carbocycles. The van der Waals surface area contributed by atoms with Crippen molar-refractivity contribution in [2.75, 3.05) is 11.9 Å². The first-order chi connectivity index (χ1) is 10.2. The van der Waals surface area contributed by atoms with Crippen LogP contribution < -0.4 is 5.32 Å². The summed E-state index contributed by atoms with van der Waals surface area (Å²) in [6.45, 7) is 5.14. The van der Waals surface area contributed by atoms with Gasteiger partial charge in [-0.1, -0.05) is 6.42 Å². The molecule has 1 aliphatic rings. The van der Waals surface area contributed by atoms with Crippen molar-refractivity contribution in [2.24, 2.45) is 0 Å². The fourth-order valence-electron chi connectivity index (χ4n) is 2.76. The summed E-state index contributed by atoms with van der Waals surface area (Å²) in [5.74, 6) is 1.91. The molecular formula is C16H20BrN3S. The zero-order chi connectivity index (χ0) is 14.8. The monoisotopic (exact) mass is 365 g/mol. The van der Waals surface area contributed by atoms with Gasteiger partial charge < -0.3 is 5.32 Å². The molecule has 0 amide bonds. The van der Waals surface area contributed by atoms with Gasteiger partial charge in [0.1, 0.15) is 5.82 Å². The van der Waals surface area contributed by atoms with E-state index in [1.807, 2.05) is 0 Å². The van der Waals surface area contributed by atoms with Crippen LogP contribution in [-0.2, 0) is 12.8 Å². The Labute approximate surface area is 138 Å². The largest absolute Gasteiger partial charge is 0.370 e. The number of rotatable bonds is 3. The number of thiophene rings is 1. The molecule has 1 aliphatic carbocycles. The van der Waals surface area contributed by atoms with E-state index in [0.29, 0.717) is 0 Å². The molecule has 0 bridgehead atoms. The SMILES string of the molecule is CCNc1nc(-c2cc(Br)c(C)s2)nc2c1CCCCC2. The van der Waals surface area contributed by atoms with E-state index in [1.54, 1.807) is 11.3 Å². The van der Waals surface area contributed by atoms with Gasteiger partial charge >= 0.3 is 0 Å². The summed E-state index contributed by atoms with van der Waals surface area (Å²) in [6, 6.07) is 2.13. The third-order valence-electron chi connectivity index (χ3n) is 3.85. The predicted molar refractivity (Wildman–Crippen MR) is 93.2 cm³/mol. The van der Waals surface area contributed by atoms with Crippen molar-refractivity contribution in [3.8, 4) is 10.7 Å². The third-order valence-corrected chi connectivity index (χ3v) is 5.99. The average molecular weight is 366 g/mol. The zero-order valence-corrected chi connectivity index (χ0v) is 14.9. The van der Waals surface area contributed by atoms with E-state index in [-0.39, 0.29) is 0 Å². The van der Waals surface area contributed by atoms with Gasteiger partial charge in [0, 0.05) is 27.2 Å². The number of nitrogens with one attached hydrogen (secondary N) is 1. The van der Waals surface area contributed by atoms with E-state index in [1.165, 1.54) is 35.4 Å². The van der Waals surface area contributed by atoms with E-state index < -0.39 is 0 Å². The van der Waals surface area contributed by atoms with Gasteiger partial charge in [-0.3, -0.25) is 0 Å². The zero-order valence-electron chi connectivity index (χ0n) is 12.5. The molecule has 0 aromatic carbocycles. The Morgan fingerprint density at radius 3 is 2.76 bits per heavy atom. The van der Waals surface area contributed by atoms with E-state index >= 15 is 0 Å². The maximum Gasteiger partial charge on any atom is 0.171 e. The molecule has 5 heteroatoms. The molecule has 2 aromatic heterocycles. The fraction of sp³-hybridized carbons (Fsp3) is 0.500.